The van der Waals surface area contributed by atoms with E-state index >= 15 is 0 Å². The van der Waals surface area contributed by atoms with Crippen LogP contribution in [0.4, 0.5) is 5.69 Å². The van der Waals surface area contributed by atoms with Crippen LogP contribution in [0.5, 0.6) is 0 Å². The Labute approximate surface area is 171 Å². The molecular weight excluding hydrogens is 386 g/mol. The average Bonchev–Trinajstić information content (AvgIpc) is 2.77. The summed E-state index contributed by atoms with van der Waals surface area (Å²) in [4.78, 5) is 49.5. The highest BCUT2D eigenvalue weighted by Gasteiger charge is 2.23. The van der Waals surface area contributed by atoms with Crippen molar-refractivity contribution in [2.45, 2.75) is 44.7 Å². The molecule has 4 rings (SSSR count). The molecule has 1 saturated carbocycles. The van der Waals surface area contributed by atoms with Crippen molar-refractivity contribution in [2.24, 2.45) is 0 Å². The smallest absolute Gasteiger partial charge is 0.292 e. The molecule has 0 atom stereocenters. The molecule has 0 aliphatic heterocycles. The van der Waals surface area contributed by atoms with Crippen molar-refractivity contribution in [3.63, 3.8) is 0 Å². The molecule has 154 valence electrons. The van der Waals surface area contributed by atoms with Gasteiger partial charge < -0.3 is 0 Å². The van der Waals surface area contributed by atoms with Crippen LogP contribution in [0, 0.1) is 10.1 Å². The van der Waals surface area contributed by atoms with E-state index in [0.717, 1.165) is 32.1 Å². The number of benzene rings is 2. The summed E-state index contributed by atoms with van der Waals surface area (Å²) in [6.45, 7) is -0.246. The fourth-order valence-electron chi connectivity index (χ4n) is 4.16. The molecule has 1 aromatic heterocycles. The SMILES string of the molecule is O=C(Cn1c(=O)n(C2CCCCC2)c(=O)c2ccccc21)c1ccc([N+](=O)[O-])cc1. The largest absolute Gasteiger partial charge is 0.332 e. The van der Waals surface area contributed by atoms with Crippen molar-refractivity contribution in [3.8, 4) is 0 Å². The van der Waals surface area contributed by atoms with Gasteiger partial charge in [0.2, 0.25) is 0 Å². The summed E-state index contributed by atoms with van der Waals surface area (Å²) in [5.41, 5.74) is -0.232. The van der Waals surface area contributed by atoms with Crippen LogP contribution in [0.25, 0.3) is 10.9 Å². The number of para-hydroxylation sites is 1. The summed E-state index contributed by atoms with van der Waals surface area (Å²) >= 11 is 0. The van der Waals surface area contributed by atoms with Gasteiger partial charge in [0, 0.05) is 23.7 Å². The second kappa shape index (κ2) is 8.06. The van der Waals surface area contributed by atoms with Gasteiger partial charge in [-0.15, -0.1) is 0 Å². The second-order valence-corrected chi connectivity index (χ2v) is 7.58. The lowest BCUT2D eigenvalue weighted by Gasteiger charge is -2.24. The lowest BCUT2D eigenvalue weighted by molar-refractivity contribution is -0.384. The van der Waals surface area contributed by atoms with E-state index in [2.05, 4.69) is 0 Å². The third kappa shape index (κ3) is 3.56. The van der Waals surface area contributed by atoms with E-state index in [1.54, 1.807) is 24.3 Å². The number of Topliss-reactive ketones (excluding diaryl/α,β-unsaturated/α-hetero) is 1. The summed E-state index contributed by atoms with van der Waals surface area (Å²) in [5.74, 6) is -0.356. The Kier molecular flexibility index (Phi) is 5.31. The summed E-state index contributed by atoms with van der Waals surface area (Å²) in [6, 6.07) is 11.9. The zero-order valence-corrected chi connectivity index (χ0v) is 16.3. The van der Waals surface area contributed by atoms with Crippen molar-refractivity contribution in [2.75, 3.05) is 0 Å². The van der Waals surface area contributed by atoms with E-state index < -0.39 is 10.6 Å². The maximum atomic E-state index is 13.3. The van der Waals surface area contributed by atoms with E-state index in [0.29, 0.717) is 10.9 Å². The molecule has 1 heterocycles. The minimum absolute atomic E-state index is 0.111. The highest BCUT2D eigenvalue weighted by atomic mass is 16.6. The van der Waals surface area contributed by atoms with E-state index in [4.69, 9.17) is 0 Å². The second-order valence-electron chi connectivity index (χ2n) is 7.58. The standard InChI is InChI=1S/C22H21N3O5/c26-20(15-10-12-17(13-11-15)25(29)30)14-23-19-9-5-4-8-18(19)21(27)24(22(23)28)16-6-2-1-3-7-16/h4-5,8-13,16H,1-3,6-7,14H2. The van der Waals surface area contributed by atoms with Gasteiger partial charge in [-0.3, -0.25) is 28.8 Å². The molecule has 0 radical (unpaired) electrons. The lowest BCUT2D eigenvalue weighted by atomic mass is 9.95. The molecule has 0 amide bonds. The van der Waals surface area contributed by atoms with Crippen LogP contribution in [0.2, 0.25) is 0 Å². The third-order valence-corrected chi connectivity index (χ3v) is 5.72. The van der Waals surface area contributed by atoms with Gasteiger partial charge in [0.1, 0.15) is 0 Å². The number of fused-ring (bicyclic) bond motifs is 1. The Morgan fingerprint density at radius 3 is 2.33 bits per heavy atom. The minimum atomic E-state index is -0.535. The molecule has 8 nitrogen and oxygen atoms in total. The molecule has 1 aliphatic rings. The van der Waals surface area contributed by atoms with Gasteiger partial charge in [0.25, 0.3) is 11.2 Å². The van der Waals surface area contributed by atoms with Crippen molar-refractivity contribution in [1.82, 2.24) is 9.13 Å². The molecule has 3 aromatic rings. The number of ketones is 1. The van der Waals surface area contributed by atoms with Crippen LogP contribution >= 0.6 is 0 Å². The molecular formula is C22H21N3O5. The number of non-ortho nitro benzene ring substituents is 1. The summed E-state index contributed by atoms with van der Waals surface area (Å²) < 4.78 is 2.65. The number of nitro groups is 1. The first kappa shape index (κ1) is 19.8. The lowest BCUT2D eigenvalue weighted by Crippen LogP contribution is -2.43. The van der Waals surface area contributed by atoms with Crippen LogP contribution in [-0.4, -0.2) is 19.8 Å². The summed E-state index contributed by atoms with van der Waals surface area (Å²) in [7, 11) is 0. The predicted molar refractivity (Wildman–Crippen MR) is 112 cm³/mol. The number of aromatic nitrogens is 2. The van der Waals surface area contributed by atoms with E-state index in [1.165, 1.54) is 33.4 Å². The van der Waals surface area contributed by atoms with Gasteiger partial charge in [-0.05, 0) is 37.1 Å². The Hall–Kier alpha value is -3.55. The normalized spacial score (nSPS) is 14.7. The molecule has 1 fully saturated rings. The molecule has 0 spiro atoms. The van der Waals surface area contributed by atoms with E-state index in [1.807, 2.05) is 0 Å². The summed E-state index contributed by atoms with van der Waals surface area (Å²) in [5, 5.41) is 11.2. The first-order chi connectivity index (χ1) is 14.5. The van der Waals surface area contributed by atoms with Crippen LogP contribution in [0.1, 0.15) is 48.5 Å². The van der Waals surface area contributed by atoms with E-state index in [9.17, 15) is 24.5 Å². The molecule has 0 bridgehead atoms. The van der Waals surface area contributed by atoms with Gasteiger partial charge in [-0.1, -0.05) is 31.4 Å². The first-order valence-electron chi connectivity index (χ1n) is 9.99. The van der Waals surface area contributed by atoms with Gasteiger partial charge >= 0.3 is 5.69 Å². The molecule has 30 heavy (non-hydrogen) atoms. The fraction of sp³-hybridized carbons (Fsp3) is 0.318. The van der Waals surface area contributed by atoms with Gasteiger partial charge in [-0.25, -0.2) is 4.79 Å². The molecule has 0 saturated heterocycles. The Balaban J connectivity index is 1.79. The Bertz CT molecular complexity index is 1230. The van der Waals surface area contributed by atoms with Crippen LogP contribution in [0.3, 0.4) is 0 Å². The maximum absolute atomic E-state index is 13.3. The van der Waals surface area contributed by atoms with Crippen molar-refractivity contribution < 1.29 is 9.72 Å². The monoisotopic (exact) mass is 407 g/mol. The van der Waals surface area contributed by atoms with Crippen molar-refractivity contribution >= 4 is 22.4 Å². The topological polar surface area (TPSA) is 104 Å². The van der Waals surface area contributed by atoms with Gasteiger partial charge in [-0.2, -0.15) is 0 Å². The molecule has 0 N–H and O–H groups in total. The number of carbonyl (C=O) groups excluding carboxylic acids is 1. The molecule has 1 aliphatic carbocycles. The number of nitro benzene ring substituents is 1. The summed E-state index contributed by atoms with van der Waals surface area (Å²) in [6.07, 6.45) is 4.55. The number of rotatable bonds is 5. The van der Waals surface area contributed by atoms with Crippen molar-refractivity contribution in [1.29, 1.82) is 0 Å². The Morgan fingerprint density at radius 2 is 1.67 bits per heavy atom. The highest BCUT2D eigenvalue weighted by molar-refractivity contribution is 5.96. The number of hydrogen-bond acceptors (Lipinski definition) is 5. The van der Waals surface area contributed by atoms with Crippen LogP contribution < -0.4 is 11.2 Å². The van der Waals surface area contributed by atoms with Gasteiger partial charge in [0.15, 0.2) is 5.78 Å². The molecule has 2 aromatic carbocycles. The first-order valence-corrected chi connectivity index (χ1v) is 9.99. The molecule has 8 heteroatoms. The quantitative estimate of drug-likeness (QED) is 0.366. The number of carbonyl (C=O) groups is 1. The number of hydrogen-bond donors (Lipinski definition) is 0. The fourth-order valence-corrected chi connectivity index (χ4v) is 4.16. The minimum Gasteiger partial charge on any atom is -0.292 e. The number of nitrogens with zero attached hydrogens (tertiary/aromatic N) is 3. The molecule has 0 unspecified atom stereocenters. The third-order valence-electron chi connectivity index (χ3n) is 5.72. The highest BCUT2D eigenvalue weighted by Crippen LogP contribution is 2.26. The zero-order valence-electron chi connectivity index (χ0n) is 16.3. The maximum Gasteiger partial charge on any atom is 0.332 e. The predicted octanol–water partition coefficient (Wildman–Crippen LogP) is 3.46. The van der Waals surface area contributed by atoms with Gasteiger partial charge in [0.05, 0.1) is 22.4 Å². The van der Waals surface area contributed by atoms with Crippen LogP contribution in [-0.2, 0) is 6.54 Å². The average molecular weight is 407 g/mol. The van der Waals surface area contributed by atoms with Crippen molar-refractivity contribution in [3.05, 3.63) is 85.0 Å². The Morgan fingerprint density at radius 1 is 1.00 bits per heavy atom. The van der Waals surface area contributed by atoms with E-state index in [-0.39, 0.29) is 35.2 Å². The van der Waals surface area contributed by atoms with Crippen LogP contribution in [0.15, 0.2) is 58.1 Å². The zero-order chi connectivity index (χ0) is 21.3.